The predicted octanol–water partition coefficient (Wildman–Crippen LogP) is 3.63. The first-order valence-electron chi connectivity index (χ1n) is 8.46. The van der Waals surface area contributed by atoms with E-state index in [2.05, 4.69) is 10.1 Å². The minimum Gasteiger partial charge on any atom is -0.342 e. The van der Waals surface area contributed by atoms with E-state index < -0.39 is 0 Å². The first kappa shape index (κ1) is 16.6. The Morgan fingerprint density at radius 1 is 1.42 bits per heavy atom. The minimum atomic E-state index is -0.297. The number of rotatable bonds is 4. The van der Waals surface area contributed by atoms with E-state index >= 15 is 0 Å². The molecule has 0 saturated carbocycles. The maximum Gasteiger partial charge on any atom is 0.231 e. The number of hydrogen-bond acceptors (Lipinski definition) is 4. The van der Waals surface area contributed by atoms with Gasteiger partial charge in [0.1, 0.15) is 5.82 Å². The van der Waals surface area contributed by atoms with Crippen LogP contribution in [0.15, 0.2) is 28.8 Å². The molecule has 2 aromatic rings. The minimum absolute atomic E-state index is 0.0428. The van der Waals surface area contributed by atoms with Gasteiger partial charge in [-0.15, -0.1) is 0 Å². The van der Waals surface area contributed by atoms with E-state index in [0.717, 1.165) is 31.4 Å². The Labute approximate surface area is 140 Å². The van der Waals surface area contributed by atoms with Gasteiger partial charge < -0.3 is 9.42 Å². The predicted molar refractivity (Wildman–Crippen MR) is 87.7 cm³/mol. The van der Waals surface area contributed by atoms with Gasteiger partial charge in [0.05, 0.1) is 5.92 Å². The smallest absolute Gasteiger partial charge is 0.231 e. The zero-order valence-electron chi connectivity index (χ0n) is 14.0. The Hall–Kier alpha value is -2.24. The van der Waals surface area contributed by atoms with Gasteiger partial charge in [0.25, 0.3) is 0 Å². The maximum absolute atomic E-state index is 13.0. The molecule has 0 aliphatic carbocycles. The first-order chi connectivity index (χ1) is 11.6. The van der Waals surface area contributed by atoms with E-state index in [4.69, 9.17) is 4.52 Å². The summed E-state index contributed by atoms with van der Waals surface area (Å²) < 4.78 is 18.4. The molecule has 2 atom stereocenters. The second-order valence-corrected chi connectivity index (χ2v) is 6.40. The molecule has 1 aliphatic rings. The number of carbonyl (C=O) groups is 1. The maximum atomic E-state index is 13.0. The molecule has 0 spiro atoms. The fraction of sp³-hybridized carbons (Fsp3) is 0.500. The molecule has 0 bridgehead atoms. The lowest BCUT2D eigenvalue weighted by Crippen LogP contribution is -2.41. The summed E-state index contributed by atoms with van der Waals surface area (Å²) in [5.41, 5.74) is 0.717. The number of halogens is 1. The molecule has 6 heteroatoms. The highest BCUT2D eigenvalue weighted by molar-refractivity contribution is 5.78. The average molecular weight is 331 g/mol. The Morgan fingerprint density at radius 2 is 2.17 bits per heavy atom. The fourth-order valence-corrected chi connectivity index (χ4v) is 2.98. The highest BCUT2D eigenvalue weighted by atomic mass is 19.1. The fourth-order valence-electron chi connectivity index (χ4n) is 2.98. The molecule has 1 aliphatic heterocycles. The summed E-state index contributed by atoms with van der Waals surface area (Å²) in [4.78, 5) is 18.7. The van der Waals surface area contributed by atoms with Crippen molar-refractivity contribution < 1.29 is 13.7 Å². The van der Waals surface area contributed by atoms with Crippen LogP contribution >= 0.6 is 0 Å². The molecule has 24 heavy (non-hydrogen) atoms. The number of hydrogen-bond donors (Lipinski definition) is 0. The second kappa shape index (κ2) is 7.11. The zero-order valence-corrected chi connectivity index (χ0v) is 14.0. The Bertz CT molecular complexity index is 699. The molecular formula is C18H22FN3O2. The van der Waals surface area contributed by atoms with Crippen LogP contribution in [-0.2, 0) is 4.79 Å². The summed E-state index contributed by atoms with van der Waals surface area (Å²) in [6.07, 6.45) is 2.70. The number of carbonyl (C=O) groups excluding carboxylic acids is 1. The van der Waals surface area contributed by atoms with Gasteiger partial charge >= 0.3 is 0 Å². The van der Waals surface area contributed by atoms with Crippen molar-refractivity contribution in [3.8, 4) is 11.4 Å². The zero-order chi connectivity index (χ0) is 17.1. The molecule has 0 N–H and O–H groups in total. The van der Waals surface area contributed by atoms with Gasteiger partial charge in [0.2, 0.25) is 17.6 Å². The number of aromatic nitrogens is 2. The van der Waals surface area contributed by atoms with Gasteiger partial charge in [-0.25, -0.2) is 4.39 Å². The van der Waals surface area contributed by atoms with Crippen LogP contribution in [0.1, 0.15) is 44.9 Å². The standard InChI is InChI=1S/C18H22FN3O2/c1-3-12(2)18(23)22-10-4-5-14(11-22)17-20-16(21-24-17)13-6-8-15(19)9-7-13/h6-9,12,14H,3-5,10-11H2,1-2H3/t12-,14-/m0/s1. The Kier molecular flexibility index (Phi) is 4.92. The molecule has 128 valence electrons. The van der Waals surface area contributed by atoms with Gasteiger partial charge in [-0.05, 0) is 43.5 Å². The van der Waals surface area contributed by atoms with Gasteiger partial charge in [-0.3, -0.25) is 4.79 Å². The van der Waals surface area contributed by atoms with Crippen molar-refractivity contribution in [2.24, 2.45) is 5.92 Å². The van der Waals surface area contributed by atoms with Gasteiger partial charge in [-0.1, -0.05) is 19.0 Å². The van der Waals surface area contributed by atoms with E-state index in [9.17, 15) is 9.18 Å². The summed E-state index contributed by atoms with van der Waals surface area (Å²) in [6.45, 7) is 5.40. The van der Waals surface area contributed by atoms with Crippen LogP contribution in [0.3, 0.4) is 0 Å². The molecule has 1 aromatic heterocycles. The van der Waals surface area contributed by atoms with Gasteiger partial charge in [0.15, 0.2) is 0 Å². The van der Waals surface area contributed by atoms with Crippen molar-refractivity contribution in [2.45, 2.75) is 39.0 Å². The van der Waals surface area contributed by atoms with Crippen molar-refractivity contribution in [1.29, 1.82) is 0 Å². The van der Waals surface area contributed by atoms with Crippen LogP contribution in [0.25, 0.3) is 11.4 Å². The quantitative estimate of drug-likeness (QED) is 0.858. The molecule has 2 heterocycles. The molecule has 1 saturated heterocycles. The van der Waals surface area contributed by atoms with Crippen LogP contribution < -0.4 is 0 Å². The molecule has 0 unspecified atom stereocenters. The number of nitrogens with zero attached hydrogens (tertiary/aromatic N) is 3. The molecule has 3 rings (SSSR count). The van der Waals surface area contributed by atoms with E-state index in [1.54, 1.807) is 12.1 Å². The monoisotopic (exact) mass is 331 g/mol. The van der Waals surface area contributed by atoms with Crippen molar-refractivity contribution in [2.75, 3.05) is 13.1 Å². The summed E-state index contributed by atoms with van der Waals surface area (Å²) in [7, 11) is 0. The third-order valence-corrected chi connectivity index (χ3v) is 4.66. The largest absolute Gasteiger partial charge is 0.342 e. The van der Waals surface area contributed by atoms with Crippen molar-refractivity contribution in [3.05, 3.63) is 36.0 Å². The van der Waals surface area contributed by atoms with Gasteiger partial charge in [-0.2, -0.15) is 4.98 Å². The highest BCUT2D eigenvalue weighted by Gasteiger charge is 2.30. The van der Waals surface area contributed by atoms with Crippen LogP contribution in [0, 0.1) is 11.7 Å². The van der Waals surface area contributed by atoms with E-state index in [-0.39, 0.29) is 23.6 Å². The topological polar surface area (TPSA) is 59.2 Å². The van der Waals surface area contributed by atoms with Gasteiger partial charge in [0, 0.05) is 24.6 Å². The lowest BCUT2D eigenvalue weighted by Gasteiger charge is -2.32. The van der Waals surface area contributed by atoms with E-state index in [1.807, 2.05) is 18.7 Å². The Balaban J connectivity index is 1.72. The number of benzene rings is 1. The summed E-state index contributed by atoms with van der Waals surface area (Å²) >= 11 is 0. The number of piperidine rings is 1. The van der Waals surface area contributed by atoms with Crippen LogP contribution in [0.2, 0.25) is 0 Å². The second-order valence-electron chi connectivity index (χ2n) is 6.40. The molecule has 1 fully saturated rings. The normalized spacial score (nSPS) is 19.3. The Morgan fingerprint density at radius 3 is 2.88 bits per heavy atom. The summed E-state index contributed by atoms with van der Waals surface area (Å²) in [5, 5.41) is 4.00. The average Bonchev–Trinajstić information content (AvgIpc) is 3.11. The third kappa shape index (κ3) is 3.47. The number of likely N-dealkylation sites (tertiary alicyclic amines) is 1. The highest BCUT2D eigenvalue weighted by Crippen LogP contribution is 2.28. The lowest BCUT2D eigenvalue weighted by atomic mass is 9.96. The SMILES string of the molecule is CC[C@H](C)C(=O)N1CCC[C@H](c2nc(-c3ccc(F)cc3)no2)C1. The molecule has 5 nitrogen and oxygen atoms in total. The summed E-state index contributed by atoms with van der Waals surface area (Å²) in [5.74, 6) is 1.01. The molecule has 1 amide bonds. The molecular weight excluding hydrogens is 309 g/mol. The third-order valence-electron chi connectivity index (χ3n) is 4.66. The lowest BCUT2D eigenvalue weighted by molar-refractivity contribution is -0.136. The molecule has 1 aromatic carbocycles. The van der Waals surface area contributed by atoms with E-state index in [0.29, 0.717) is 18.3 Å². The van der Waals surface area contributed by atoms with Crippen LogP contribution in [0.4, 0.5) is 4.39 Å². The van der Waals surface area contributed by atoms with Crippen molar-refractivity contribution in [3.63, 3.8) is 0 Å². The van der Waals surface area contributed by atoms with Crippen molar-refractivity contribution in [1.82, 2.24) is 15.0 Å². The first-order valence-corrected chi connectivity index (χ1v) is 8.46. The molecule has 0 radical (unpaired) electrons. The number of amides is 1. The van der Waals surface area contributed by atoms with Crippen LogP contribution in [0.5, 0.6) is 0 Å². The van der Waals surface area contributed by atoms with E-state index in [1.165, 1.54) is 12.1 Å². The van der Waals surface area contributed by atoms with Crippen molar-refractivity contribution >= 4 is 5.91 Å². The summed E-state index contributed by atoms with van der Waals surface area (Å²) in [6, 6.07) is 6.00. The van der Waals surface area contributed by atoms with Crippen LogP contribution in [-0.4, -0.2) is 34.0 Å².